The molecule has 0 radical (unpaired) electrons. The van der Waals surface area contributed by atoms with Crippen molar-refractivity contribution in [1.82, 2.24) is 15.2 Å². The van der Waals surface area contributed by atoms with Crippen LogP contribution in [0.1, 0.15) is 23.1 Å². The van der Waals surface area contributed by atoms with Crippen molar-refractivity contribution >= 4 is 17.7 Å². The highest BCUT2D eigenvalue weighted by Gasteiger charge is 2.14. The number of ether oxygens (including phenoxy) is 1. The third-order valence-corrected chi connectivity index (χ3v) is 2.03. The van der Waals surface area contributed by atoms with Crippen LogP contribution in [-0.4, -0.2) is 34.0 Å². The van der Waals surface area contributed by atoms with Crippen LogP contribution in [0.15, 0.2) is 5.16 Å². The molecule has 76 valence electrons. The molecule has 0 unspecified atom stereocenters. The number of hydrogen-bond donors (Lipinski definition) is 0. The van der Waals surface area contributed by atoms with Crippen LogP contribution in [0.5, 0.6) is 0 Å². The van der Waals surface area contributed by atoms with Crippen molar-refractivity contribution in [3.63, 3.8) is 0 Å². The summed E-state index contributed by atoms with van der Waals surface area (Å²) in [4.78, 5) is 15.4. The molecular weight excluding hydrogens is 202 g/mol. The Labute approximate surface area is 86.3 Å². The molecule has 0 N–H and O–H groups in total. The van der Waals surface area contributed by atoms with Gasteiger partial charge in [-0.3, -0.25) is 0 Å². The number of aromatic nitrogens is 3. The van der Waals surface area contributed by atoms with Gasteiger partial charge in [-0.1, -0.05) is 11.8 Å². The largest absolute Gasteiger partial charge is 0.461 e. The van der Waals surface area contributed by atoms with E-state index in [1.54, 1.807) is 13.8 Å². The molecule has 0 aromatic carbocycles. The number of hydrogen-bond acceptors (Lipinski definition) is 6. The number of thioether (sulfide) groups is 1. The summed E-state index contributed by atoms with van der Waals surface area (Å²) in [5, 5.41) is 8.07. The van der Waals surface area contributed by atoms with E-state index in [1.807, 2.05) is 6.26 Å². The van der Waals surface area contributed by atoms with Gasteiger partial charge in [0.15, 0.2) is 5.69 Å². The summed E-state index contributed by atoms with van der Waals surface area (Å²) in [6, 6.07) is 0. The molecule has 0 aliphatic rings. The van der Waals surface area contributed by atoms with E-state index in [-0.39, 0.29) is 5.69 Å². The van der Waals surface area contributed by atoms with Crippen LogP contribution < -0.4 is 0 Å². The monoisotopic (exact) mass is 213 g/mol. The van der Waals surface area contributed by atoms with Gasteiger partial charge in [0.2, 0.25) is 5.16 Å². The van der Waals surface area contributed by atoms with Gasteiger partial charge >= 0.3 is 5.97 Å². The second kappa shape index (κ2) is 4.90. The molecule has 0 spiro atoms. The van der Waals surface area contributed by atoms with Crippen molar-refractivity contribution < 1.29 is 9.53 Å². The standard InChI is InChI=1S/C8H11N3O2S/c1-4-13-7(12)6-5(2)9-8(14-3)11-10-6/h4H2,1-3H3. The Hall–Kier alpha value is -1.17. The molecule has 5 nitrogen and oxygen atoms in total. The summed E-state index contributed by atoms with van der Waals surface area (Å²) in [6.07, 6.45) is 1.85. The van der Waals surface area contributed by atoms with Gasteiger partial charge in [0.1, 0.15) is 0 Å². The molecule has 0 fully saturated rings. The summed E-state index contributed by atoms with van der Waals surface area (Å²) >= 11 is 1.38. The first-order chi connectivity index (χ1) is 6.69. The molecule has 1 aromatic rings. The molecule has 0 saturated carbocycles. The molecule has 1 aromatic heterocycles. The van der Waals surface area contributed by atoms with Gasteiger partial charge in [-0.25, -0.2) is 9.78 Å². The Morgan fingerprint density at radius 3 is 2.71 bits per heavy atom. The van der Waals surface area contributed by atoms with E-state index in [1.165, 1.54) is 11.8 Å². The van der Waals surface area contributed by atoms with Gasteiger partial charge in [0, 0.05) is 0 Å². The smallest absolute Gasteiger partial charge is 0.360 e. The van der Waals surface area contributed by atoms with E-state index in [4.69, 9.17) is 4.74 Å². The Bertz CT molecular complexity index is 343. The van der Waals surface area contributed by atoms with E-state index >= 15 is 0 Å². The lowest BCUT2D eigenvalue weighted by Gasteiger charge is -2.03. The second-order valence-corrected chi connectivity index (χ2v) is 3.23. The van der Waals surface area contributed by atoms with E-state index in [9.17, 15) is 4.79 Å². The number of aryl methyl sites for hydroxylation is 1. The number of nitrogens with zero attached hydrogens (tertiary/aromatic N) is 3. The second-order valence-electron chi connectivity index (χ2n) is 2.45. The highest BCUT2D eigenvalue weighted by Crippen LogP contribution is 2.09. The van der Waals surface area contributed by atoms with Crippen LogP contribution in [0.2, 0.25) is 0 Å². The maximum atomic E-state index is 11.3. The summed E-state index contributed by atoms with van der Waals surface area (Å²) < 4.78 is 4.79. The van der Waals surface area contributed by atoms with Crippen molar-refractivity contribution in [1.29, 1.82) is 0 Å². The predicted octanol–water partition coefficient (Wildman–Crippen LogP) is 1.08. The van der Waals surface area contributed by atoms with Gasteiger partial charge in [-0.2, -0.15) is 0 Å². The van der Waals surface area contributed by atoms with E-state index in [0.717, 1.165) is 0 Å². The van der Waals surface area contributed by atoms with Gasteiger partial charge < -0.3 is 4.74 Å². The average molecular weight is 213 g/mol. The Kier molecular flexibility index (Phi) is 3.82. The first kappa shape index (κ1) is 10.9. The van der Waals surface area contributed by atoms with Gasteiger partial charge in [-0.15, -0.1) is 10.2 Å². The highest BCUT2D eigenvalue weighted by atomic mass is 32.2. The molecule has 0 amide bonds. The van der Waals surface area contributed by atoms with E-state index in [2.05, 4.69) is 15.2 Å². The lowest BCUT2D eigenvalue weighted by atomic mass is 10.3. The molecule has 0 saturated heterocycles. The van der Waals surface area contributed by atoms with Crippen LogP contribution >= 0.6 is 11.8 Å². The SMILES string of the molecule is CCOC(=O)c1nnc(SC)nc1C. The Balaban J connectivity index is 2.94. The first-order valence-corrected chi connectivity index (χ1v) is 5.34. The number of carbonyl (C=O) groups excluding carboxylic acids is 1. The zero-order chi connectivity index (χ0) is 10.6. The molecular formula is C8H11N3O2S. The van der Waals surface area contributed by atoms with Crippen LogP contribution in [0.4, 0.5) is 0 Å². The van der Waals surface area contributed by atoms with Gasteiger partial charge in [-0.05, 0) is 20.1 Å². The zero-order valence-electron chi connectivity index (χ0n) is 8.27. The normalized spacial score (nSPS) is 9.93. The fourth-order valence-corrected chi connectivity index (χ4v) is 1.21. The average Bonchev–Trinajstić information content (AvgIpc) is 2.17. The lowest BCUT2D eigenvalue weighted by Crippen LogP contribution is -2.12. The molecule has 0 aliphatic heterocycles. The molecule has 0 atom stereocenters. The van der Waals surface area contributed by atoms with Gasteiger partial charge in [0.25, 0.3) is 0 Å². The van der Waals surface area contributed by atoms with Crippen LogP contribution in [0, 0.1) is 6.92 Å². The van der Waals surface area contributed by atoms with Crippen molar-refractivity contribution in [2.75, 3.05) is 12.9 Å². The summed E-state index contributed by atoms with van der Waals surface area (Å²) in [7, 11) is 0. The molecule has 14 heavy (non-hydrogen) atoms. The number of esters is 1. The van der Waals surface area contributed by atoms with Crippen LogP contribution in [0.25, 0.3) is 0 Å². The van der Waals surface area contributed by atoms with Crippen molar-refractivity contribution in [3.05, 3.63) is 11.4 Å². The minimum Gasteiger partial charge on any atom is -0.461 e. The minimum absolute atomic E-state index is 0.185. The van der Waals surface area contributed by atoms with Crippen molar-refractivity contribution in [2.45, 2.75) is 19.0 Å². The summed E-state index contributed by atoms with van der Waals surface area (Å²) in [6.45, 7) is 3.77. The molecule has 1 heterocycles. The molecule has 1 rings (SSSR count). The number of carbonyl (C=O) groups is 1. The quantitative estimate of drug-likeness (QED) is 0.553. The first-order valence-electron chi connectivity index (χ1n) is 4.11. The topological polar surface area (TPSA) is 65.0 Å². The third-order valence-electron chi connectivity index (χ3n) is 1.49. The fraction of sp³-hybridized carbons (Fsp3) is 0.500. The Morgan fingerprint density at radius 2 is 2.21 bits per heavy atom. The lowest BCUT2D eigenvalue weighted by molar-refractivity contribution is 0.0516. The van der Waals surface area contributed by atoms with Crippen LogP contribution in [-0.2, 0) is 4.74 Å². The molecule has 6 heteroatoms. The van der Waals surface area contributed by atoms with Crippen LogP contribution in [0.3, 0.4) is 0 Å². The van der Waals surface area contributed by atoms with Crippen molar-refractivity contribution in [2.24, 2.45) is 0 Å². The van der Waals surface area contributed by atoms with E-state index < -0.39 is 5.97 Å². The number of rotatable bonds is 3. The zero-order valence-corrected chi connectivity index (χ0v) is 9.09. The van der Waals surface area contributed by atoms with Crippen molar-refractivity contribution in [3.8, 4) is 0 Å². The maximum absolute atomic E-state index is 11.3. The highest BCUT2D eigenvalue weighted by molar-refractivity contribution is 7.98. The van der Waals surface area contributed by atoms with E-state index in [0.29, 0.717) is 17.5 Å². The predicted molar refractivity (Wildman–Crippen MR) is 52.3 cm³/mol. The molecule has 0 aliphatic carbocycles. The molecule has 0 bridgehead atoms. The Morgan fingerprint density at radius 1 is 1.50 bits per heavy atom. The van der Waals surface area contributed by atoms with Gasteiger partial charge in [0.05, 0.1) is 12.3 Å². The maximum Gasteiger partial charge on any atom is 0.360 e. The fourth-order valence-electron chi connectivity index (χ4n) is 0.858. The third kappa shape index (κ3) is 2.41. The minimum atomic E-state index is -0.474. The summed E-state index contributed by atoms with van der Waals surface area (Å²) in [5.74, 6) is -0.474. The summed E-state index contributed by atoms with van der Waals surface area (Å²) in [5.41, 5.74) is 0.729.